The lowest BCUT2D eigenvalue weighted by Gasteiger charge is -2.33. The van der Waals surface area contributed by atoms with E-state index in [1.165, 1.54) is 0 Å². The molecule has 1 N–H and O–H groups in total. The Hall–Kier alpha value is -3.78. The van der Waals surface area contributed by atoms with E-state index < -0.39 is 0 Å². The molecule has 0 spiro atoms. The van der Waals surface area contributed by atoms with Crippen LogP contribution in [0, 0.1) is 0 Å². The first-order valence-corrected chi connectivity index (χ1v) is 11.4. The quantitative estimate of drug-likeness (QED) is 0.453. The summed E-state index contributed by atoms with van der Waals surface area (Å²) in [6.45, 7) is 6.29. The standard InChI is InChI=1S/C25H25N7O/c1-3-22-27-20-8-4-5-10-21(20)32(22)25-29-23(18-7-6-9-19-17(18)11-12-26-19)28-24(30-25)31-13-14-33-15-16(31)2/h4-12,16,26H,3,13-15H2,1-2H3. The third-order valence-corrected chi connectivity index (χ3v) is 6.22. The number of nitrogens with zero attached hydrogens (tertiary/aromatic N) is 6. The van der Waals surface area contributed by atoms with Crippen LogP contribution in [0.25, 0.3) is 39.3 Å². The fourth-order valence-electron chi connectivity index (χ4n) is 4.54. The van der Waals surface area contributed by atoms with Gasteiger partial charge in [0.05, 0.1) is 30.3 Å². The van der Waals surface area contributed by atoms with Crippen molar-refractivity contribution in [3.05, 3.63) is 60.6 Å². The predicted molar refractivity (Wildman–Crippen MR) is 129 cm³/mol. The Morgan fingerprint density at radius 2 is 1.88 bits per heavy atom. The fourth-order valence-corrected chi connectivity index (χ4v) is 4.54. The molecule has 0 aliphatic carbocycles. The molecule has 1 aliphatic heterocycles. The minimum Gasteiger partial charge on any atom is -0.377 e. The largest absolute Gasteiger partial charge is 0.377 e. The molecule has 1 unspecified atom stereocenters. The summed E-state index contributed by atoms with van der Waals surface area (Å²) in [5, 5.41) is 1.09. The Labute approximate surface area is 191 Å². The van der Waals surface area contributed by atoms with Gasteiger partial charge in [-0.1, -0.05) is 31.2 Å². The zero-order valence-electron chi connectivity index (χ0n) is 18.7. The van der Waals surface area contributed by atoms with Gasteiger partial charge in [0.15, 0.2) is 5.82 Å². The van der Waals surface area contributed by atoms with Crippen molar-refractivity contribution < 1.29 is 4.74 Å². The normalized spacial score (nSPS) is 16.7. The SMILES string of the molecule is CCc1nc2ccccc2n1-c1nc(-c2cccc3[nH]ccc23)nc(N2CCOCC2C)n1. The molecule has 0 saturated carbocycles. The van der Waals surface area contributed by atoms with Crippen LogP contribution in [0.3, 0.4) is 0 Å². The summed E-state index contributed by atoms with van der Waals surface area (Å²) in [5.74, 6) is 2.83. The van der Waals surface area contributed by atoms with Gasteiger partial charge in [-0.05, 0) is 31.2 Å². The number of nitrogens with one attached hydrogen (secondary N) is 1. The maximum atomic E-state index is 5.66. The van der Waals surface area contributed by atoms with Crippen molar-refractivity contribution >= 4 is 27.9 Å². The number of fused-ring (bicyclic) bond motifs is 2. The van der Waals surface area contributed by atoms with Crippen LogP contribution in [0.5, 0.6) is 0 Å². The number of rotatable bonds is 4. The number of imidazole rings is 1. The van der Waals surface area contributed by atoms with Gasteiger partial charge in [-0.3, -0.25) is 4.57 Å². The highest BCUT2D eigenvalue weighted by Gasteiger charge is 2.25. The highest BCUT2D eigenvalue weighted by molar-refractivity contribution is 5.93. The van der Waals surface area contributed by atoms with Crippen LogP contribution in [-0.2, 0) is 11.2 Å². The van der Waals surface area contributed by atoms with Crippen LogP contribution in [-0.4, -0.2) is 55.3 Å². The van der Waals surface area contributed by atoms with E-state index in [4.69, 9.17) is 24.7 Å². The van der Waals surface area contributed by atoms with Crippen molar-refractivity contribution in [3.63, 3.8) is 0 Å². The summed E-state index contributed by atoms with van der Waals surface area (Å²) in [7, 11) is 0. The van der Waals surface area contributed by atoms with Crippen molar-refractivity contribution in [1.82, 2.24) is 29.5 Å². The Morgan fingerprint density at radius 1 is 1.00 bits per heavy atom. The summed E-state index contributed by atoms with van der Waals surface area (Å²) in [6.07, 6.45) is 2.71. The Balaban J connectivity index is 1.61. The molecule has 8 heteroatoms. The lowest BCUT2D eigenvalue weighted by atomic mass is 10.1. The molecule has 0 amide bonds. The number of aromatic nitrogens is 6. The maximum absolute atomic E-state index is 5.66. The van der Waals surface area contributed by atoms with Crippen molar-refractivity contribution in [1.29, 1.82) is 0 Å². The van der Waals surface area contributed by atoms with E-state index in [9.17, 15) is 0 Å². The molecule has 4 heterocycles. The van der Waals surface area contributed by atoms with Crippen molar-refractivity contribution in [2.75, 3.05) is 24.7 Å². The van der Waals surface area contributed by atoms with E-state index in [0.717, 1.165) is 46.3 Å². The van der Waals surface area contributed by atoms with Crippen molar-refractivity contribution in [2.45, 2.75) is 26.3 Å². The molecule has 8 nitrogen and oxygen atoms in total. The molecule has 6 rings (SSSR count). The lowest BCUT2D eigenvalue weighted by molar-refractivity contribution is 0.0980. The number of benzene rings is 2. The van der Waals surface area contributed by atoms with Gasteiger partial charge < -0.3 is 14.6 Å². The zero-order chi connectivity index (χ0) is 22.4. The number of ether oxygens (including phenoxy) is 1. The van der Waals surface area contributed by atoms with Gasteiger partial charge in [-0.15, -0.1) is 0 Å². The number of aromatic amines is 1. The summed E-state index contributed by atoms with van der Waals surface area (Å²) in [6, 6.07) is 16.5. The predicted octanol–water partition coefficient (Wildman–Crippen LogP) is 4.15. The van der Waals surface area contributed by atoms with E-state index in [1.54, 1.807) is 0 Å². The molecule has 0 bridgehead atoms. The van der Waals surface area contributed by atoms with Crippen LogP contribution in [0.4, 0.5) is 5.95 Å². The molecular weight excluding hydrogens is 414 g/mol. The summed E-state index contributed by atoms with van der Waals surface area (Å²) in [4.78, 5) is 25.2. The third kappa shape index (κ3) is 3.34. The topological polar surface area (TPSA) is 84.8 Å². The number of anilines is 1. The average molecular weight is 440 g/mol. The molecule has 2 aromatic carbocycles. The minimum atomic E-state index is 0.176. The second-order valence-electron chi connectivity index (χ2n) is 8.33. The first kappa shape index (κ1) is 19.9. The monoisotopic (exact) mass is 439 g/mol. The molecular formula is C25H25N7O. The van der Waals surface area contributed by atoms with E-state index in [2.05, 4.69) is 52.6 Å². The van der Waals surface area contributed by atoms with Crippen LogP contribution in [0.2, 0.25) is 0 Å². The smallest absolute Gasteiger partial charge is 0.241 e. The second-order valence-corrected chi connectivity index (χ2v) is 8.33. The van der Waals surface area contributed by atoms with Gasteiger partial charge in [-0.2, -0.15) is 15.0 Å². The van der Waals surface area contributed by atoms with Crippen LogP contribution >= 0.6 is 0 Å². The number of hydrogen-bond donors (Lipinski definition) is 1. The van der Waals surface area contributed by atoms with E-state index in [1.807, 2.05) is 30.5 Å². The molecule has 1 saturated heterocycles. The average Bonchev–Trinajstić information content (AvgIpc) is 3.48. The van der Waals surface area contributed by atoms with Gasteiger partial charge >= 0.3 is 0 Å². The summed E-state index contributed by atoms with van der Waals surface area (Å²) >= 11 is 0. The lowest BCUT2D eigenvalue weighted by Crippen LogP contribution is -2.44. The van der Waals surface area contributed by atoms with E-state index in [-0.39, 0.29) is 6.04 Å². The zero-order valence-corrected chi connectivity index (χ0v) is 18.7. The Bertz CT molecular complexity index is 1450. The van der Waals surface area contributed by atoms with Gasteiger partial charge in [0.1, 0.15) is 5.82 Å². The number of morpholine rings is 1. The minimum absolute atomic E-state index is 0.176. The van der Waals surface area contributed by atoms with Gasteiger partial charge in [-0.25, -0.2) is 4.98 Å². The third-order valence-electron chi connectivity index (χ3n) is 6.22. The summed E-state index contributed by atoms with van der Waals surface area (Å²) < 4.78 is 7.72. The highest BCUT2D eigenvalue weighted by Crippen LogP contribution is 2.29. The Morgan fingerprint density at radius 3 is 2.76 bits per heavy atom. The molecule has 33 heavy (non-hydrogen) atoms. The molecule has 166 valence electrons. The number of aryl methyl sites for hydroxylation is 1. The van der Waals surface area contributed by atoms with Crippen LogP contribution < -0.4 is 4.90 Å². The molecule has 5 aromatic rings. The summed E-state index contributed by atoms with van der Waals surface area (Å²) in [5.41, 5.74) is 3.96. The maximum Gasteiger partial charge on any atom is 0.241 e. The van der Waals surface area contributed by atoms with E-state index in [0.29, 0.717) is 30.9 Å². The van der Waals surface area contributed by atoms with Gasteiger partial charge in [0, 0.05) is 35.6 Å². The van der Waals surface area contributed by atoms with Crippen LogP contribution in [0.1, 0.15) is 19.7 Å². The van der Waals surface area contributed by atoms with Crippen molar-refractivity contribution in [3.8, 4) is 17.3 Å². The first-order chi connectivity index (χ1) is 16.2. The van der Waals surface area contributed by atoms with Crippen molar-refractivity contribution in [2.24, 2.45) is 0 Å². The molecule has 0 radical (unpaired) electrons. The van der Waals surface area contributed by atoms with Crippen LogP contribution in [0.15, 0.2) is 54.7 Å². The molecule has 1 atom stereocenters. The van der Waals surface area contributed by atoms with E-state index >= 15 is 0 Å². The first-order valence-electron chi connectivity index (χ1n) is 11.4. The van der Waals surface area contributed by atoms with Gasteiger partial charge in [0.25, 0.3) is 0 Å². The van der Waals surface area contributed by atoms with Gasteiger partial charge in [0.2, 0.25) is 11.9 Å². The number of hydrogen-bond acceptors (Lipinski definition) is 6. The molecule has 1 aliphatic rings. The second kappa shape index (κ2) is 7.97. The highest BCUT2D eigenvalue weighted by atomic mass is 16.5. The Kier molecular flexibility index (Phi) is 4.80. The molecule has 1 fully saturated rings. The number of H-pyrrole nitrogens is 1. The molecule has 3 aromatic heterocycles. The number of para-hydroxylation sites is 2. The fraction of sp³-hybridized carbons (Fsp3) is 0.280.